The van der Waals surface area contributed by atoms with E-state index in [1.54, 1.807) is 27.7 Å². The predicted molar refractivity (Wildman–Crippen MR) is 145 cm³/mol. The lowest BCUT2D eigenvalue weighted by atomic mass is 10.0. The third kappa shape index (κ3) is 7.32. The molecule has 2 aromatic carbocycles. The number of hydrogen-bond donors (Lipinski definition) is 1. The average Bonchev–Trinajstić information content (AvgIpc) is 3.32. The van der Waals surface area contributed by atoms with E-state index in [2.05, 4.69) is 0 Å². The van der Waals surface area contributed by atoms with Gasteiger partial charge in [0.25, 0.3) is 5.56 Å². The van der Waals surface area contributed by atoms with Crippen LogP contribution >= 0.6 is 0 Å². The number of carbonyl (C=O) groups is 1. The van der Waals surface area contributed by atoms with Crippen LogP contribution in [0.5, 0.6) is 0 Å². The van der Waals surface area contributed by atoms with Crippen LogP contribution in [0, 0.1) is 6.92 Å². The second-order valence-corrected chi connectivity index (χ2v) is 10.9. The summed E-state index contributed by atoms with van der Waals surface area (Å²) in [4.78, 5) is 38.8. The molecule has 0 spiro atoms. The zero-order valence-corrected chi connectivity index (χ0v) is 22.8. The first-order valence-corrected chi connectivity index (χ1v) is 13.1. The van der Waals surface area contributed by atoms with Gasteiger partial charge < -0.3 is 19.3 Å². The Morgan fingerprint density at radius 2 is 1.67 bits per heavy atom. The maximum absolute atomic E-state index is 13.5. The fraction of sp³-hybridized carbons (Fsp3) is 0.433. The third-order valence-corrected chi connectivity index (χ3v) is 6.46. The van der Waals surface area contributed by atoms with Crippen molar-refractivity contribution in [1.29, 1.82) is 0 Å². The van der Waals surface area contributed by atoms with E-state index in [0.717, 1.165) is 11.1 Å². The molecule has 39 heavy (non-hydrogen) atoms. The van der Waals surface area contributed by atoms with Gasteiger partial charge in [-0.25, -0.2) is 4.79 Å². The molecule has 1 aromatic heterocycles. The first-order valence-electron chi connectivity index (χ1n) is 13.1. The molecular weight excluding hydrogens is 500 g/mol. The summed E-state index contributed by atoms with van der Waals surface area (Å²) in [5.41, 5.74) is 0.534. The quantitative estimate of drug-likeness (QED) is 0.418. The second-order valence-electron chi connectivity index (χ2n) is 10.9. The van der Waals surface area contributed by atoms with E-state index in [-0.39, 0.29) is 31.6 Å². The SMILES string of the molecule is Cc1cn([C@H]2C[C@H](OCc3ccccc3)[C@@H]([C@@H](O)CC(=O)OC(C)(C)C)O2)c(=O)n(Cc2ccccc2)c1=O. The van der Waals surface area contributed by atoms with Crippen molar-refractivity contribution in [1.82, 2.24) is 9.13 Å². The smallest absolute Gasteiger partial charge is 0.333 e. The van der Waals surface area contributed by atoms with Crippen LogP contribution in [0.4, 0.5) is 0 Å². The topological polar surface area (TPSA) is 109 Å². The Hall–Kier alpha value is -3.53. The first-order chi connectivity index (χ1) is 18.5. The second kappa shape index (κ2) is 12.1. The molecule has 2 heterocycles. The minimum absolute atomic E-state index is 0.117. The average molecular weight is 537 g/mol. The van der Waals surface area contributed by atoms with E-state index >= 15 is 0 Å². The standard InChI is InChI=1S/C30H36N2O7/c1-20-17-31(29(36)32(28(20)35)18-21-11-7-5-8-12-21)25-16-24(37-19-22-13-9-6-10-14-22)27(38-25)23(33)15-26(34)39-30(2,3)4/h5-14,17,23-25,27,33H,15-16,18-19H2,1-4H3/t23-,24-,25+,27+/m0/s1. The molecule has 4 rings (SSSR count). The normalized spacial score (nSPS) is 20.1. The molecule has 1 aliphatic rings. The Morgan fingerprint density at radius 3 is 2.28 bits per heavy atom. The number of benzene rings is 2. The monoisotopic (exact) mass is 536 g/mol. The third-order valence-electron chi connectivity index (χ3n) is 6.46. The van der Waals surface area contributed by atoms with E-state index in [0.29, 0.717) is 5.56 Å². The highest BCUT2D eigenvalue weighted by molar-refractivity contribution is 5.70. The highest BCUT2D eigenvalue weighted by Gasteiger charge is 2.43. The van der Waals surface area contributed by atoms with Crippen LogP contribution in [0.25, 0.3) is 0 Å². The van der Waals surface area contributed by atoms with E-state index in [4.69, 9.17) is 14.2 Å². The molecule has 3 aromatic rings. The van der Waals surface area contributed by atoms with Gasteiger partial charge in [-0.3, -0.25) is 18.7 Å². The predicted octanol–water partition coefficient (Wildman–Crippen LogP) is 3.33. The molecule has 0 bridgehead atoms. The summed E-state index contributed by atoms with van der Waals surface area (Å²) < 4.78 is 20.3. The van der Waals surface area contributed by atoms with Crippen LogP contribution in [-0.4, -0.2) is 44.1 Å². The molecule has 208 valence electrons. The number of aryl methyl sites for hydroxylation is 1. The first kappa shape index (κ1) is 28.5. The lowest BCUT2D eigenvalue weighted by Crippen LogP contribution is -2.42. The van der Waals surface area contributed by atoms with Gasteiger partial charge in [-0.1, -0.05) is 60.7 Å². The Balaban J connectivity index is 1.60. The number of aliphatic hydroxyl groups is 1. The number of hydrogen-bond acceptors (Lipinski definition) is 7. The Kier molecular flexibility index (Phi) is 8.84. The van der Waals surface area contributed by atoms with Crippen molar-refractivity contribution in [2.45, 2.75) is 83.8 Å². The zero-order chi connectivity index (χ0) is 28.2. The molecule has 0 radical (unpaired) electrons. The molecule has 1 saturated heterocycles. The van der Waals surface area contributed by atoms with Crippen molar-refractivity contribution in [3.05, 3.63) is 104 Å². The van der Waals surface area contributed by atoms with Crippen molar-refractivity contribution >= 4 is 5.97 Å². The van der Waals surface area contributed by atoms with Gasteiger partial charge in [0.1, 0.15) is 17.9 Å². The van der Waals surface area contributed by atoms with Crippen molar-refractivity contribution in [2.24, 2.45) is 0 Å². The van der Waals surface area contributed by atoms with Gasteiger partial charge in [-0.2, -0.15) is 0 Å². The van der Waals surface area contributed by atoms with Gasteiger partial charge in [0.15, 0.2) is 0 Å². The fourth-order valence-electron chi connectivity index (χ4n) is 4.66. The van der Waals surface area contributed by atoms with Gasteiger partial charge in [-0.05, 0) is 38.8 Å². The van der Waals surface area contributed by atoms with Gasteiger partial charge in [-0.15, -0.1) is 0 Å². The van der Waals surface area contributed by atoms with E-state index in [1.165, 1.54) is 15.3 Å². The van der Waals surface area contributed by atoms with E-state index in [9.17, 15) is 19.5 Å². The molecular formula is C30H36N2O7. The van der Waals surface area contributed by atoms with Crippen LogP contribution in [0.1, 0.15) is 56.5 Å². The summed E-state index contributed by atoms with van der Waals surface area (Å²) in [5, 5.41) is 11.0. The minimum atomic E-state index is -1.22. The summed E-state index contributed by atoms with van der Waals surface area (Å²) in [7, 11) is 0. The molecule has 0 aliphatic carbocycles. The Morgan fingerprint density at radius 1 is 1.05 bits per heavy atom. The van der Waals surface area contributed by atoms with Gasteiger partial charge in [0.05, 0.1) is 31.8 Å². The summed E-state index contributed by atoms with van der Waals surface area (Å²) >= 11 is 0. The van der Waals surface area contributed by atoms with Crippen molar-refractivity contribution in [2.75, 3.05) is 0 Å². The molecule has 9 nitrogen and oxygen atoms in total. The summed E-state index contributed by atoms with van der Waals surface area (Å²) in [5.74, 6) is -0.562. The molecule has 4 atom stereocenters. The van der Waals surface area contributed by atoms with Crippen LogP contribution < -0.4 is 11.2 Å². The highest BCUT2D eigenvalue weighted by Crippen LogP contribution is 2.33. The highest BCUT2D eigenvalue weighted by atomic mass is 16.6. The zero-order valence-electron chi connectivity index (χ0n) is 22.8. The number of nitrogens with zero attached hydrogens (tertiary/aromatic N) is 2. The van der Waals surface area contributed by atoms with Crippen molar-refractivity contribution in [3.8, 4) is 0 Å². The van der Waals surface area contributed by atoms with E-state index < -0.39 is 41.8 Å². The molecule has 1 fully saturated rings. The summed E-state index contributed by atoms with van der Waals surface area (Å²) in [6, 6.07) is 18.8. The van der Waals surface area contributed by atoms with Gasteiger partial charge >= 0.3 is 11.7 Å². The lowest BCUT2D eigenvalue weighted by Gasteiger charge is -2.25. The largest absolute Gasteiger partial charge is 0.460 e. The molecule has 1 aliphatic heterocycles. The van der Waals surface area contributed by atoms with E-state index in [1.807, 2.05) is 60.7 Å². The maximum Gasteiger partial charge on any atom is 0.333 e. The van der Waals surface area contributed by atoms with Gasteiger partial charge in [0.2, 0.25) is 0 Å². The molecule has 1 N–H and O–H groups in total. The Labute approximate surface area is 227 Å². The number of aliphatic hydroxyl groups excluding tert-OH is 1. The number of ether oxygens (including phenoxy) is 3. The molecule has 0 amide bonds. The Bertz CT molecular complexity index is 1380. The number of esters is 1. The number of rotatable bonds is 9. The maximum atomic E-state index is 13.5. The minimum Gasteiger partial charge on any atom is -0.460 e. The van der Waals surface area contributed by atoms with Crippen LogP contribution in [0.15, 0.2) is 76.4 Å². The fourth-order valence-corrected chi connectivity index (χ4v) is 4.66. The van der Waals surface area contributed by atoms with Crippen LogP contribution in [0.2, 0.25) is 0 Å². The molecule has 0 saturated carbocycles. The summed E-state index contributed by atoms with van der Waals surface area (Å²) in [6.45, 7) is 7.29. The van der Waals surface area contributed by atoms with Crippen molar-refractivity contribution < 1.29 is 24.1 Å². The summed E-state index contributed by atoms with van der Waals surface area (Å²) in [6.07, 6.45) is -2.11. The number of aromatic nitrogens is 2. The van der Waals surface area contributed by atoms with Gasteiger partial charge in [0, 0.05) is 18.2 Å². The van der Waals surface area contributed by atoms with Crippen LogP contribution in [0.3, 0.4) is 0 Å². The molecule has 0 unspecified atom stereocenters. The molecule has 9 heteroatoms. The van der Waals surface area contributed by atoms with Crippen molar-refractivity contribution in [3.63, 3.8) is 0 Å². The number of carbonyl (C=O) groups excluding carboxylic acids is 1. The van der Waals surface area contributed by atoms with Crippen LogP contribution in [-0.2, 0) is 32.2 Å². The lowest BCUT2D eigenvalue weighted by molar-refractivity contribution is -0.162.